The van der Waals surface area contributed by atoms with Gasteiger partial charge < -0.3 is 31.1 Å². The van der Waals surface area contributed by atoms with Crippen LogP contribution < -0.4 is 0 Å². The summed E-state index contributed by atoms with van der Waals surface area (Å²) in [6.07, 6.45) is 2.03. The van der Waals surface area contributed by atoms with E-state index in [0.29, 0.717) is 39.6 Å². The monoisotopic (exact) mass is 497 g/mol. The van der Waals surface area contributed by atoms with Crippen LogP contribution >= 0.6 is 0 Å². The fourth-order valence-corrected chi connectivity index (χ4v) is 10.6. The lowest BCUT2D eigenvalue weighted by atomic mass is 10.4. The molecule has 0 heterocycles. The van der Waals surface area contributed by atoms with Gasteiger partial charge in [0.2, 0.25) is 0 Å². The van der Waals surface area contributed by atoms with Gasteiger partial charge in [-0.2, -0.15) is 0 Å². The van der Waals surface area contributed by atoms with E-state index < -0.39 is 25.8 Å². The second kappa shape index (κ2) is 16.9. The standard InChI is InChI=1S/C21H51NO6Si3/c1-10-23-30(24-11-2,25-12-3)20-16-18-22(29(7,8)9)19-17-21-31(26-13-4,27-14-5)28-15-6/h10-21H2,1-9H3. The summed E-state index contributed by atoms with van der Waals surface area (Å²) in [7, 11) is -6.63. The van der Waals surface area contributed by atoms with Crippen LogP contribution in [-0.2, 0) is 26.6 Å². The fourth-order valence-electron chi connectivity index (χ4n) is 3.76. The molecule has 0 fully saturated rings. The summed E-state index contributed by atoms with van der Waals surface area (Å²) in [4.78, 5) is 0. The van der Waals surface area contributed by atoms with Crippen LogP contribution in [0.2, 0.25) is 31.7 Å². The summed E-state index contributed by atoms with van der Waals surface area (Å²) in [5, 5.41) is 0. The fraction of sp³-hybridized carbons (Fsp3) is 1.00. The first kappa shape index (κ1) is 31.4. The predicted octanol–water partition coefficient (Wildman–Crippen LogP) is 5.00. The summed E-state index contributed by atoms with van der Waals surface area (Å²) in [6.45, 7) is 25.1. The molecule has 0 unspecified atom stereocenters. The number of hydrogen-bond acceptors (Lipinski definition) is 7. The molecule has 0 radical (unpaired) electrons. The number of nitrogens with zero attached hydrogens (tertiary/aromatic N) is 1. The first-order valence-electron chi connectivity index (χ1n) is 12.3. The molecule has 188 valence electrons. The lowest BCUT2D eigenvalue weighted by molar-refractivity contribution is 0.0703. The molecular weight excluding hydrogens is 446 g/mol. The van der Waals surface area contributed by atoms with Crippen molar-refractivity contribution in [1.29, 1.82) is 0 Å². The van der Waals surface area contributed by atoms with Crippen LogP contribution in [0.5, 0.6) is 0 Å². The van der Waals surface area contributed by atoms with Gasteiger partial charge in [0, 0.05) is 51.7 Å². The first-order chi connectivity index (χ1) is 14.7. The summed E-state index contributed by atoms with van der Waals surface area (Å²) < 4.78 is 38.8. The van der Waals surface area contributed by atoms with E-state index in [-0.39, 0.29) is 0 Å². The zero-order valence-corrected chi connectivity index (χ0v) is 24.9. The smallest absolute Gasteiger partial charge is 0.374 e. The second-order valence-corrected chi connectivity index (χ2v) is 18.8. The topological polar surface area (TPSA) is 58.6 Å². The van der Waals surface area contributed by atoms with Gasteiger partial charge in [0.15, 0.2) is 0 Å². The molecule has 0 spiro atoms. The lowest BCUT2D eigenvalue weighted by Gasteiger charge is -2.36. The van der Waals surface area contributed by atoms with E-state index in [9.17, 15) is 0 Å². The predicted molar refractivity (Wildman–Crippen MR) is 135 cm³/mol. The van der Waals surface area contributed by atoms with Crippen molar-refractivity contribution >= 4 is 25.8 Å². The van der Waals surface area contributed by atoms with Crippen LogP contribution in [-0.4, -0.2) is 83.1 Å². The van der Waals surface area contributed by atoms with Gasteiger partial charge in [-0.25, -0.2) is 0 Å². The van der Waals surface area contributed by atoms with Gasteiger partial charge in [0.05, 0.1) is 0 Å². The molecule has 0 aliphatic carbocycles. The maximum absolute atomic E-state index is 6.03. The molecular formula is C21H51NO6Si3. The summed E-state index contributed by atoms with van der Waals surface area (Å²) in [5.41, 5.74) is 0. The zero-order chi connectivity index (χ0) is 23.8. The van der Waals surface area contributed by atoms with Crippen LogP contribution in [0.1, 0.15) is 54.4 Å². The highest BCUT2D eigenvalue weighted by Gasteiger charge is 2.41. The molecule has 0 rings (SSSR count). The molecule has 0 atom stereocenters. The highest BCUT2D eigenvalue weighted by molar-refractivity contribution is 6.73. The van der Waals surface area contributed by atoms with E-state index in [1.807, 2.05) is 41.5 Å². The Balaban J connectivity index is 5.01. The molecule has 0 aliphatic heterocycles. The maximum Gasteiger partial charge on any atom is 0.500 e. The van der Waals surface area contributed by atoms with E-state index in [1.54, 1.807) is 0 Å². The average Bonchev–Trinajstić information content (AvgIpc) is 2.67. The summed E-state index contributed by atoms with van der Waals surface area (Å²) in [5.74, 6) is 0. The van der Waals surface area contributed by atoms with Crippen molar-refractivity contribution in [3.63, 3.8) is 0 Å². The van der Waals surface area contributed by atoms with Gasteiger partial charge in [0.25, 0.3) is 0 Å². The Hall–Kier alpha value is 0.371. The van der Waals surface area contributed by atoms with E-state index >= 15 is 0 Å². The molecule has 0 saturated heterocycles. The van der Waals surface area contributed by atoms with Gasteiger partial charge in [-0.15, -0.1) is 0 Å². The minimum atomic E-state index is -2.58. The Labute approximate surface area is 195 Å². The van der Waals surface area contributed by atoms with Gasteiger partial charge in [-0.3, -0.25) is 0 Å². The molecule has 7 nitrogen and oxygen atoms in total. The van der Waals surface area contributed by atoms with Crippen molar-refractivity contribution in [2.75, 3.05) is 52.7 Å². The zero-order valence-electron chi connectivity index (χ0n) is 21.9. The average molecular weight is 498 g/mol. The van der Waals surface area contributed by atoms with Crippen LogP contribution in [0, 0.1) is 0 Å². The molecule has 31 heavy (non-hydrogen) atoms. The molecule has 0 N–H and O–H groups in total. The van der Waals surface area contributed by atoms with E-state index in [1.165, 1.54) is 0 Å². The third-order valence-corrected chi connectivity index (χ3v) is 13.6. The minimum absolute atomic E-state index is 0.628. The third-order valence-electron chi connectivity index (χ3n) is 4.96. The lowest BCUT2D eigenvalue weighted by Crippen LogP contribution is -2.50. The van der Waals surface area contributed by atoms with E-state index in [0.717, 1.165) is 38.0 Å². The quantitative estimate of drug-likeness (QED) is 0.207. The highest BCUT2D eigenvalue weighted by Crippen LogP contribution is 2.22. The van der Waals surface area contributed by atoms with Gasteiger partial charge in [-0.05, 0) is 67.5 Å². The van der Waals surface area contributed by atoms with Crippen LogP contribution in [0.25, 0.3) is 0 Å². The summed E-state index contributed by atoms with van der Waals surface area (Å²) in [6, 6.07) is 1.72. The summed E-state index contributed by atoms with van der Waals surface area (Å²) >= 11 is 0. The van der Waals surface area contributed by atoms with Crippen molar-refractivity contribution in [3.05, 3.63) is 0 Å². The van der Waals surface area contributed by atoms with Crippen LogP contribution in [0.4, 0.5) is 0 Å². The Kier molecular flexibility index (Phi) is 17.1. The number of rotatable bonds is 21. The van der Waals surface area contributed by atoms with E-state index in [2.05, 4.69) is 24.2 Å². The van der Waals surface area contributed by atoms with Crippen LogP contribution in [0.3, 0.4) is 0 Å². The van der Waals surface area contributed by atoms with Crippen molar-refractivity contribution in [3.8, 4) is 0 Å². The maximum atomic E-state index is 6.03. The second-order valence-electron chi connectivity index (χ2n) is 8.33. The first-order valence-corrected chi connectivity index (χ1v) is 19.6. The van der Waals surface area contributed by atoms with E-state index in [4.69, 9.17) is 26.6 Å². The Morgan fingerprint density at radius 2 is 0.742 bits per heavy atom. The van der Waals surface area contributed by atoms with Gasteiger partial charge in [0.1, 0.15) is 8.24 Å². The molecule has 0 bridgehead atoms. The van der Waals surface area contributed by atoms with Crippen molar-refractivity contribution in [1.82, 2.24) is 4.57 Å². The third kappa shape index (κ3) is 12.4. The van der Waals surface area contributed by atoms with Crippen molar-refractivity contribution in [2.45, 2.75) is 86.1 Å². The SMILES string of the molecule is CCO[Si](CCCN(CCC[Si](OCC)(OCC)OCC)[Si](C)(C)C)(OCC)OCC. The molecule has 10 heteroatoms. The van der Waals surface area contributed by atoms with Gasteiger partial charge in [-0.1, -0.05) is 19.6 Å². The molecule has 0 aromatic rings. The Morgan fingerprint density at radius 1 is 0.484 bits per heavy atom. The largest absolute Gasteiger partial charge is 0.500 e. The molecule has 0 amide bonds. The molecule has 0 saturated carbocycles. The molecule has 0 aromatic carbocycles. The molecule has 0 aliphatic rings. The van der Waals surface area contributed by atoms with Crippen LogP contribution in [0.15, 0.2) is 0 Å². The normalized spacial score (nSPS) is 13.4. The van der Waals surface area contributed by atoms with Crippen molar-refractivity contribution in [2.24, 2.45) is 0 Å². The van der Waals surface area contributed by atoms with Crippen molar-refractivity contribution < 1.29 is 26.6 Å². The highest BCUT2D eigenvalue weighted by atomic mass is 28.4. The Morgan fingerprint density at radius 3 is 0.935 bits per heavy atom. The minimum Gasteiger partial charge on any atom is -0.374 e. The molecule has 0 aromatic heterocycles. The Bertz CT molecular complexity index is 374. The van der Waals surface area contributed by atoms with Gasteiger partial charge >= 0.3 is 17.6 Å². The number of hydrogen-bond donors (Lipinski definition) is 0.